The van der Waals surface area contributed by atoms with Crippen LogP contribution in [-0.4, -0.2) is 47.9 Å². The predicted octanol–water partition coefficient (Wildman–Crippen LogP) is 1.87. The number of anilines is 1. The van der Waals surface area contributed by atoms with Gasteiger partial charge in [-0.05, 0) is 48.7 Å². The first-order chi connectivity index (χ1) is 12.6. The van der Waals surface area contributed by atoms with E-state index in [0.717, 1.165) is 19.5 Å². The Hall–Kier alpha value is -2.73. The van der Waals surface area contributed by atoms with Crippen molar-refractivity contribution in [3.8, 4) is 0 Å². The summed E-state index contributed by atoms with van der Waals surface area (Å²) in [5.41, 5.74) is 2.47. The highest BCUT2D eigenvalue weighted by Gasteiger charge is 2.44. The van der Waals surface area contributed by atoms with Crippen LogP contribution in [0.4, 0.5) is 5.69 Å². The molecule has 2 amide bonds. The number of aromatic nitrogens is 1. The average molecular weight is 350 g/mol. The number of nitrogens with one attached hydrogen (secondary N) is 2. The molecule has 3 unspecified atom stereocenters. The number of carbonyl (C=O) groups excluding carboxylic acids is 2. The Kier molecular flexibility index (Phi) is 4.42. The largest absolute Gasteiger partial charge is 0.344 e. The minimum Gasteiger partial charge on any atom is -0.344 e. The summed E-state index contributed by atoms with van der Waals surface area (Å²) >= 11 is 0. The molecular formula is C20H22N4O2. The second-order valence-corrected chi connectivity index (χ2v) is 7.03. The lowest BCUT2D eigenvalue weighted by Gasteiger charge is -2.38. The van der Waals surface area contributed by atoms with Gasteiger partial charge in [-0.2, -0.15) is 0 Å². The molecule has 2 aliphatic heterocycles. The zero-order valence-electron chi connectivity index (χ0n) is 14.7. The van der Waals surface area contributed by atoms with Crippen LogP contribution in [-0.2, 0) is 4.79 Å². The molecule has 0 radical (unpaired) electrons. The maximum absolute atomic E-state index is 12.4. The Balaban J connectivity index is 1.50. The van der Waals surface area contributed by atoms with Gasteiger partial charge in [0.15, 0.2) is 0 Å². The van der Waals surface area contributed by atoms with Crippen LogP contribution in [0, 0.1) is 5.92 Å². The van der Waals surface area contributed by atoms with Crippen molar-refractivity contribution in [2.45, 2.75) is 18.4 Å². The van der Waals surface area contributed by atoms with Gasteiger partial charge in [0.2, 0.25) is 5.91 Å². The van der Waals surface area contributed by atoms with Crippen LogP contribution in [0.3, 0.4) is 0 Å². The summed E-state index contributed by atoms with van der Waals surface area (Å²) in [7, 11) is 1.86. The number of likely N-dealkylation sites (N-methyl/N-ethyl adjacent to an activating group) is 1. The van der Waals surface area contributed by atoms with Gasteiger partial charge in [-0.3, -0.25) is 14.6 Å². The monoisotopic (exact) mass is 350 g/mol. The van der Waals surface area contributed by atoms with Gasteiger partial charge in [0, 0.05) is 31.3 Å². The van der Waals surface area contributed by atoms with E-state index in [1.165, 1.54) is 5.56 Å². The lowest BCUT2D eigenvalue weighted by atomic mass is 9.78. The first kappa shape index (κ1) is 16.7. The fourth-order valence-electron chi connectivity index (χ4n) is 4.06. The fraction of sp³-hybridized carbons (Fsp3) is 0.350. The van der Waals surface area contributed by atoms with Crippen molar-refractivity contribution in [3.05, 3.63) is 59.9 Å². The van der Waals surface area contributed by atoms with Gasteiger partial charge < -0.3 is 15.5 Å². The van der Waals surface area contributed by atoms with E-state index < -0.39 is 0 Å². The number of nitrogens with zero attached hydrogens (tertiary/aromatic N) is 2. The minimum absolute atomic E-state index is 0.0766. The highest BCUT2D eigenvalue weighted by molar-refractivity contribution is 6.04. The molecule has 1 aromatic carbocycles. The summed E-state index contributed by atoms with van der Waals surface area (Å²) in [6, 6.07) is 11.3. The summed E-state index contributed by atoms with van der Waals surface area (Å²) in [5.74, 6) is 0.666. The number of hydrogen-bond acceptors (Lipinski definition) is 4. The van der Waals surface area contributed by atoms with E-state index in [1.54, 1.807) is 24.5 Å². The summed E-state index contributed by atoms with van der Waals surface area (Å²) in [5, 5.41) is 6.18. The first-order valence-electron chi connectivity index (χ1n) is 8.93. The number of pyridine rings is 1. The number of piperidine rings is 1. The molecule has 26 heavy (non-hydrogen) atoms. The zero-order chi connectivity index (χ0) is 18.1. The lowest BCUT2D eigenvalue weighted by Crippen LogP contribution is -2.52. The van der Waals surface area contributed by atoms with Gasteiger partial charge in [0.1, 0.15) is 0 Å². The Morgan fingerprint density at radius 3 is 2.81 bits per heavy atom. The molecule has 134 valence electrons. The average Bonchev–Trinajstić information content (AvgIpc) is 3.16. The molecule has 2 aromatic rings. The number of carbonyl (C=O) groups is 2. The molecule has 0 spiro atoms. The zero-order valence-corrected chi connectivity index (χ0v) is 14.7. The molecule has 4 rings (SSSR count). The topological polar surface area (TPSA) is 74.3 Å². The molecule has 2 saturated heterocycles. The van der Waals surface area contributed by atoms with Crippen molar-refractivity contribution in [1.29, 1.82) is 0 Å². The van der Waals surface area contributed by atoms with E-state index in [-0.39, 0.29) is 17.9 Å². The van der Waals surface area contributed by atoms with Crippen LogP contribution in [0.15, 0.2) is 48.8 Å². The van der Waals surface area contributed by atoms with Crippen LogP contribution in [0.5, 0.6) is 0 Å². The minimum atomic E-state index is -0.152. The molecule has 2 N–H and O–H groups in total. The third-order valence-corrected chi connectivity index (χ3v) is 5.42. The Bertz CT molecular complexity index is 806. The third-order valence-electron chi connectivity index (χ3n) is 5.42. The maximum Gasteiger partial charge on any atom is 0.255 e. The smallest absolute Gasteiger partial charge is 0.255 e. The van der Waals surface area contributed by atoms with Crippen LogP contribution in [0.2, 0.25) is 0 Å². The standard InChI is InChI=1S/C20H22N4O2/c1-24-12-17(16-8-10-22-18(16)20(24)26)13-4-6-14(7-5-13)19(25)23-15-3-2-9-21-11-15/h2-7,9,11,16-18,22H,8,10,12H2,1H3,(H,23,25). The second kappa shape index (κ2) is 6.88. The number of benzene rings is 1. The lowest BCUT2D eigenvalue weighted by molar-refractivity contribution is -0.136. The van der Waals surface area contributed by atoms with E-state index in [1.807, 2.05) is 36.2 Å². The molecule has 2 fully saturated rings. The summed E-state index contributed by atoms with van der Waals surface area (Å²) < 4.78 is 0. The van der Waals surface area contributed by atoms with E-state index in [4.69, 9.17) is 0 Å². The van der Waals surface area contributed by atoms with Crippen LogP contribution in [0.1, 0.15) is 28.3 Å². The molecule has 0 aliphatic carbocycles. The van der Waals surface area contributed by atoms with Crippen molar-refractivity contribution < 1.29 is 9.59 Å². The van der Waals surface area contributed by atoms with Gasteiger partial charge in [-0.1, -0.05) is 12.1 Å². The summed E-state index contributed by atoms with van der Waals surface area (Å²) in [6.45, 7) is 1.61. The van der Waals surface area contributed by atoms with Crippen molar-refractivity contribution in [2.75, 3.05) is 25.5 Å². The van der Waals surface area contributed by atoms with Gasteiger partial charge in [0.05, 0.1) is 17.9 Å². The van der Waals surface area contributed by atoms with Crippen molar-refractivity contribution >= 4 is 17.5 Å². The quantitative estimate of drug-likeness (QED) is 0.886. The maximum atomic E-state index is 12.4. The van der Waals surface area contributed by atoms with Gasteiger partial charge in [-0.25, -0.2) is 0 Å². The summed E-state index contributed by atoms with van der Waals surface area (Å²) in [4.78, 5) is 30.5. The Morgan fingerprint density at radius 2 is 2.08 bits per heavy atom. The van der Waals surface area contributed by atoms with Crippen molar-refractivity contribution in [1.82, 2.24) is 15.2 Å². The molecule has 6 heteroatoms. The van der Waals surface area contributed by atoms with Gasteiger partial charge in [0.25, 0.3) is 5.91 Å². The number of rotatable bonds is 3. The van der Waals surface area contributed by atoms with Crippen LogP contribution in [0.25, 0.3) is 0 Å². The molecule has 3 atom stereocenters. The molecule has 0 bridgehead atoms. The predicted molar refractivity (Wildman–Crippen MR) is 98.9 cm³/mol. The van der Waals surface area contributed by atoms with Gasteiger partial charge in [-0.15, -0.1) is 0 Å². The van der Waals surface area contributed by atoms with Crippen molar-refractivity contribution in [3.63, 3.8) is 0 Å². The normalized spacial score (nSPS) is 25.0. The van der Waals surface area contributed by atoms with E-state index in [0.29, 0.717) is 23.1 Å². The number of hydrogen-bond donors (Lipinski definition) is 2. The van der Waals surface area contributed by atoms with Gasteiger partial charge >= 0.3 is 0 Å². The fourth-order valence-corrected chi connectivity index (χ4v) is 4.06. The highest BCUT2D eigenvalue weighted by Crippen LogP contribution is 2.37. The second-order valence-electron chi connectivity index (χ2n) is 7.03. The number of fused-ring (bicyclic) bond motifs is 1. The van der Waals surface area contributed by atoms with Crippen LogP contribution < -0.4 is 10.6 Å². The van der Waals surface area contributed by atoms with E-state index in [9.17, 15) is 9.59 Å². The highest BCUT2D eigenvalue weighted by atomic mass is 16.2. The van der Waals surface area contributed by atoms with E-state index in [2.05, 4.69) is 15.6 Å². The molecule has 2 aliphatic rings. The molecule has 3 heterocycles. The Morgan fingerprint density at radius 1 is 1.27 bits per heavy atom. The summed E-state index contributed by atoms with van der Waals surface area (Å²) in [6.07, 6.45) is 4.30. The van der Waals surface area contributed by atoms with E-state index >= 15 is 0 Å². The molecule has 0 saturated carbocycles. The molecule has 1 aromatic heterocycles. The molecule has 6 nitrogen and oxygen atoms in total. The first-order valence-corrected chi connectivity index (χ1v) is 8.93. The number of amides is 2. The van der Waals surface area contributed by atoms with Crippen LogP contribution >= 0.6 is 0 Å². The number of likely N-dealkylation sites (tertiary alicyclic amines) is 1. The van der Waals surface area contributed by atoms with Crippen molar-refractivity contribution in [2.24, 2.45) is 5.92 Å². The Labute approximate surface area is 152 Å². The third kappa shape index (κ3) is 3.08. The molecular weight excluding hydrogens is 328 g/mol. The SMILES string of the molecule is CN1CC(c2ccc(C(=O)Nc3cccnc3)cc2)C2CCNC2C1=O.